The minimum absolute atomic E-state index is 0.349. The van der Waals surface area contributed by atoms with Gasteiger partial charge in [-0.3, -0.25) is 0 Å². The third-order valence-electron chi connectivity index (χ3n) is 6.34. The van der Waals surface area contributed by atoms with Gasteiger partial charge in [-0.1, -0.05) is 18.2 Å². The average molecular weight is 439 g/mol. The van der Waals surface area contributed by atoms with Crippen LogP contribution in [0.25, 0.3) is 27.7 Å². The zero-order chi connectivity index (χ0) is 22.5. The molecule has 1 N–H and O–H groups in total. The molecule has 0 bridgehead atoms. The third-order valence-corrected chi connectivity index (χ3v) is 6.34. The van der Waals surface area contributed by atoms with Crippen molar-refractivity contribution in [1.82, 2.24) is 34.5 Å². The minimum Gasteiger partial charge on any atom is -0.479 e. The number of anilines is 1. The van der Waals surface area contributed by atoms with E-state index in [4.69, 9.17) is 4.74 Å². The van der Waals surface area contributed by atoms with Crippen molar-refractivity contribution in [2.24, 2.45) is 7.05 Å². The average Bonchev–Trinajstić information content (AvgIpc) is 3.37. The lowest BCUT2D eigenvalue weighted by Crippen LogP contribution is -2.55. The second-order valence-corrected chi connectivity index (χ2v) is 8.52. The van der Waals surface area contributed by atoms with Crippen LogP contribution in [0.2, 0.25) is 0 Å². The largest absolute Gasteiger partial charge is 0.479 e. The number of methoxy groups -OCH3 is 1. The van der Waals surface area contributed by atoms with Gasteiger partial charge in [0.05, 0.1) is 18.7 Å². The Labute approximate surface area is 185 Å². The van der Waals surface area contributed by atoms with Crippen LogP contribution in [0.4, 0.5) is 10.3 Å². The number of benzene rings is 1. The monoisotopic (exact) mass is 438 g/mol. The van der Waals surface area contributed by atoms with Crippen LogP contribution in [-0.2, 0) is 7.05 Å². The summed E-state index contributed by atoms with van der Waals surface area (Å²) in [5.74, 6) is 0.777. The summed E-state index contributed by atoms with van der Waals surface area (Å²) in [6, 6.07) is 7.57. The second-order valence-electron chi connectivity index (χ2n) is 8.52. The molecule has 0 saturated carbocycles. The number of ether oxygens (including phenoxy) is 1. The van der Waals surface area contributed by atoms with Gasteiger partial charge in [-0.05, 0) is 43.7 Å². The van der Waals surface area contributed by atoms with Crippen molar-refractivity contribution in [2.75, 3.05) is 32.1 Å². The number of aromatic nitrogens is 6. The third kappa shape index (κ3) is 3.44. The fourth-order valence-electron chi connectivity index (χ4n) is 4.51. The summed E-state index contributed by atoms with van der Waals surface area (Å²) in [5.41, 5.74) is 3.04. The van der Waals surface area contributed by atoms with Gasteiger partial charge in [-0.25, -0.2) is 13.6 Å². The van der Waals surface area contributed by atoms with Crippen molar-refractivity contribution in [2.45, 2.75) is 32.0 Å². The molecule has 1 aromatic carbocycles. The molecule has 0 aliphatic carbocycles. The SMILES string of the molecule is CCN1CC[C@@H](Nc2nc(OC)c3c(-c4ccc5nnn(C)c5c4)ccn3n2)C(C)(F)C1. The molecule has 4 heterocycles. The smallest absolute Gasteiger partial charge is 0.244 e. The van der Waals surface area contributed by atoms with Crippen LogP contribution >= 0.6 is 0 Å². The molecule has 9 nitrogen and oxygen atoms in total. The number of rotatable bonds is 5. The maximum atomic E-state index is 15.3. The molecular weight excluding hydrogens is 411 g/mol. The van der Waals surface area contributed by atoms with Gasteiger partial charge in [0.15, 0.2) is 0 Å². The molecule has 5 rings (SSSR count). The molecule has 1 fully saturated rings. The van der Waals surface area contributed by atoms with Gasteiger partial charge in [-0.2, -0.15) is 4.98 Å². The van der Waals surface area contributed by atoms with Gasteiger partial charge < -0.3 is 15.0 Å². The van der Waals surface area contributed by atoms with Crippen LogP contribution in [0.5, 0.6) is 5.88 Å². The first kappa shape index (κ1) is 20.6. The highest BCUT2D eigenvalue weighted by molar-refractivity contribution is 5.89. The Hall–Kier alpha value is -3.27. The van der Waals surface area contributed by atoms with Gasteiger partial charge in [0.2, 0.25) is 11.8 Å². The van der Waals surface area contributed by atoms with Gasteiger partial charge in [-0.15, -0.1) is 10.2 Å². The number of hydrogen-bond acceptors (Lipinski definition) is 7. The Morgan fingerprint density at radius 1 is 1.31 bits per heavy atom. The molecule has 1 unspecified atom stereocenters. The van der Waals surface area contributed by atoms with E-state index in [9.17, 15) is 0 Å². The molecule has 1 aliphatic rings. The lowest BCUT2D eigenvalue weighted by atomic mass is 9.91. The summed E-state index contributed by atoms with van der Waals surface area (Å²) in [4.78, 5) is 6.69. The number of alkyl halides is 1. The molecule has 1 saturated heterocycles. The van der Waals surface area contributed by atoms with Crippen LogP contribution in [0.1, 0.15) is 20.3 Å². The topological polar surface area (TPSA) is 85.4 Å². The Morgan fingerprint density at radius 2 is 2.16 bits per heavy atom. The van der Waals surface area contributed by atoms with Crippen molar-refractivity contribution in [3.63, 3.8) is 0 Å². The van der Waals surface area contributed by atoms with Gasteiger partial charge in [0.25, 0.3) is 0 Å². The molecule has 2 atom stereocenters. The highest BCUT2D eigenvalue weighted by atomic mass is 19.1. The maximum Gasteiger partial charge on any atom is 0.244 e. The summed E-state index contributed by atoms with van der Waals surface area (Å²) in [7, 11) is 3.44. The van der Waals surface area contributed by atoms with E-state index >= 15 is 4.39 Å². The first-order chi connectivity index (χ1) is 15.4. The van der Waals surface area contributed by atoms with Crippen LogP contribution in [0.15, 0.2) is 30.5 Å². The fourth-order valence-corrected chi connectivity index (χ4v) is 4.51. The van der Waals surface area contributed by atoms with Crippen LogP contribution < -0.4 is 10.1 Å². The first-order valence-electron chi connectivity index (χ1n) is 10.8. The van der Waals surface area contributed by atoms with Crippen LogP contribution in [0.3, 0.4) is 0 Å². The van der Waals surface area contributed by atoms with E-state index in [0.717, 1.165) is 40.8 Å². The molecule has 1 aliphatic heterocycles. The standard InChI is InChI=1S/C22H27FN8O/c1-5-30-10-9-18(22(2,23)13-30)24-21-25-20(32-4)19-15(8-11-31(19)27-21)14-6-7-16-17(12-14)29(3)28-26-16/h6-8,11-12,18H,5,9-10,13H2,1-4H3,(H,24,27)/t18-,22?/m1/s1. The lowest BCUT2D eigenvalue weighted by molar-refractivity contribution is 0.0508. The van der Waals surface area contributed by atoms with Crippen molar-refractivity contribution in [1.29, 1.82) is 0 Å². The Balaban J connectivity index is 1.51. The van der Waals surface area contributed by atoms with Crippen molar-refractivity contribution < 1.29 is 9.13 Å². The number of aryl methyl sites for hydroxylation is 1. The molecular formula is C22H27FN8O. The minimum atomic E-state index is -1.38. The van der Waals surface area contributed by atoms with Crippen molar-refractivity contribution in [3.05, 3.63) is 30.5 Å². The Kier molecular flexibility index (Phi) is 4.96. The molecule has 0 radical (unpaired) electrons. The zero-order valence-electron chi connectivity index (χ0n) is 18.7. The number of nitrogens with one attached hydrogen (secondary N) is 1. The van der Waals surface area contributed by atoms with E-state index in [-0.39, 0.29) is 6.04 Å². The Bertz CT molecular complexity index is 1280. The summed E-state index contributed by atoms with van der Waals surface area (Å²) < 4.78 is 24.4. The van der Waals surface area contributed by atoms with E-state index < -0.39 is 5.67 Å². The molecule has 0 amide bonds. The normalized spacial score (nSPS) is 22.0. The summed E-state index contributed by atoms with van der Waals surface area (Å²) >= 11 is 0. The summed E-state index contributed by atoms with van der Waals surface area (Å²) in [6.07, 6.45) is 2.54. The predicted molar refractivity (Wildman–Crippen MR) is 121 cm³/mol. The number of likely N-dealkylation sites (tertiary alicyclic amines) is 1. The highest BCUT2D eigenvalue weighted by Gasteiger charge is 2.40. The van der Waals surface area contributed by atoms with Crippen molar-refractivity contribution >= 4 is 22.5 Å². The first-order valence-corrected chi connectivity index (χ1v) is 10.8. The van der Waals surface area contributed by atoms with E-state index in [0.29, 0.717) is 24.8 Å². The fraction of sp³-hybridized carbons (Fsp3) is 0.455. The zero-order valence-corrected chi connectivity index (χ0v) is 18.7. The van der Waals surface area contributed by atoms with Crippen LogP contribution in [0, 0.1) is 0 Å². The second kappa shape index (κ2) is 7.70. The number of halogens is 1. The molecule has 10 heteroatoms. The van der Waals surface area contributed by atoms with Crippen LogP contribution in [-0.4, -0.2) is 72.9 Å². The number of piperidine rings is 1. The lowest BCUT2D eigenvalue weighted by Gasteiger charge is -2.41. The Morgan fingerprint density at radius 3 is 2.91 bits per heavy atom. The quantitative estimate of drug-likeness (QED) is 0.513. The van der Waals surface area contributed by atoms with Crippen molar-refractivity contribution in [3.8, 4) is 17.0 Å². The highest BCUT2D eigenvalue weighted by Crippen LogP contribution is 2.33. The number of fused-ring (bicyclic) bond motifs is 2. The van der Waals surface area contributed by atoms with Gasteiger partial charge in [0, 0.05) is 31.9 Å². The molecule has 0 spiro atoms. The maximum absolute atomic E-state index is 15.3. The number of hydrogen-bond donors (Lipinski definition) is 1. The van der Waals surface area contributed by atoms with E-state index in [1.54, 1.807) is 23.2 Å². The predicted octanol–water partition coefficient (Wildman–Crippen LogP) is 2.92. The summed E-state index contributed by atoms with van der Waals surface area (Å²) in [5, 5.41) is 16.0. The van der Waals surface area contributed by atoms with E-state index in [1.807, 2.05) is 37.5 Å². The van der Waals surface area contributed by atoms with E-state index in [1.165, 1.54) is 0 Å². The van der Waals surface area contributed by atoms with Gasteiger partial charge in [0.1, 0.15) is 16.7 Å². The summed E-state index contributed by atoms with van der Waals surface area (Å²) in [6.45, 7) is 5.76. The molecule has 4 aromatic rings. The molecule has 3 aromatic heterocycles. The van der Waals surface area contributed by atoms with Gasteiger partial charge >= 0.3 is 0 Å². The molecule has 32 heavy (non-hydrogen) atoms. The molecule has 168 valence electrons. The number of nitrogens with zero attached hydrogens (tertiary/aromatic N) is 7. The van der Waals surface area contributed by atoms with E-state index in [2.05, 4.69) is 37.5 Å².